The van der Waals surface area contributed by atoms with E-state index in [9.17, 15) is 4.79 Å². The quantitative estimate of drug-likeness (QED) is 0.852. The Hall–Kier alpha value is -0.350. The minimum Gasteiger partial charge on any atom is -0.352 e. The normalized spacial score (nSPS) is 12.6. The highest BCUT2D eigenvalue weighted by Gasteiger charge is 2.11. The van der Waals surface area contributed by atoms with Gasteiger partial charge in [0.25, 0.3) is 5.91 Å². The highest BCUT2D eigenvalue weighted by Crippen LogP contribution is 2.20. The summed E-state index contributed by atoms with van der Waals surface area (Å²) in [6.07, 6.45) is 0. The minimum absolute atomic E-state index is 0.0282. The second-order valence-electron chi connectivity index (χ2n) is 4.59. The minimum atomic E-state index is -0.0282. The zero-order valence-electron chi connectivity index (χ0n) is 10.3. The molecule has 0 saturated carbocycles. The zero-order valence-corrected chi connectivity index (χ0v) is 13.4. The third-order valence-electron chi connectivity index (χ3n) is 2.85. The molecule has 1 amide bonds. The van der Waals surface area contributed by atoms with Crippen LogP contribution in [0.5, 0.6) is 0 Å². The molecular formula is C13H17Br2NO. The Morgan fingerprint density at radius 3 is 2.18 bits per heavy atom. The Morgan fingerprint density at radius 2 is 1.71 bits per heavy atom. The van der Waals surface area contributed by atoms with Gasteiger partial charge in [-0.15, -0.1) is 0 Å². The van der Waals surface area contributed by atoms with Crippen molar-refractivity contribution in [2.45, 2.75) is 20.8 Å². The number of benzene rings is 1. The molecule has 0 fully saturated rings. The van der Waals surface area contributed by atoms with Crippen molar-refractivity contribution in [3.63, 3.8) is 0 Å². The highest BCUT2D eigenvalue weighted by molar-refractivity contribution is 9.11. The summed E-state index contributed by atoms with van der Waals surface area (Å²) in [5, 5.41) is 2.95. The van der Waals surface area contributed by atoms with Gasteiger partial charge in [-0.25, -0.2) is 0 Å². The van der Waals surface area contributed by atoms with Gasteiger partial charge in [-0.1, -0.05) is 52.6 Å². The summed E-state index contributed by atoms with van der Waals surface area (Å²) in [6, 6.07) is 5.55. The number of amides is 1. The topological polar surface area (TPSA) is 29.1 Å². The third kappa shape index (κ3) is 4.80. The summed E-state index contributed by atoms with van der Waals surface area (Å²) >= 11 is 6.75. The third-order valence-corrected chi connectivity index (χ3v) is 3.76. The predicted octanol–water partition coefficient (Wildman–Crippen LogP) is 4.23. The molecule has 4 heteroatoms. The Kier molecular flexibility index (Phi) is 5.67. The van der Waals surface area contributed by atoms with E-state index in [1.165, 1.54) is 0 Å². The average molecular weight is 363 g/mol. The molecule has 94 valence electrons. The molecule has 0 aliphatic heterocycles. The van der Waals surface area contributed by atoms with Crippen molar-refractivity contribution in [2.75, 3.05) is 6.54 Å². The van der Waals surface area contributed by atoms with Crippen LogP contribution in [0.4, 0.5) is 0 Å². The number of carbonyl (C=O) groups is 1. The van der Waals surface area contributed by atoms with Crippen LogP contribution in [0, 0.1) is 11.8 Å². The maximum absolute atomic E-state index is 11.9. The number of rotatable bonds is 4. The molecule has 0 saturated heterocycles. The largest absolute Gasteiger partial charge is 0.352 e. The zero-order chi connectivity index (χ0) is 13.0. The molecule has 1 aromatic rings. The summed E-state index contributed by atoms with van der Waals surface area (Å²) in [6.45, 7) is 7.17. The fourth-order valence-electron chi connectivity index (χ4n) is 1.28. The Morgan fingerprint density at radius 1 is 1.18 bits per heavy atom. The molecule has 1 unspecified atom stereocenters. The van der Waals surface area contributed by atoms with Gasteiger partial charge in [0.2, 0.25) is 0 Å². The summed E-state index contributed by atoms with van der Waals surface area (Å²) in [7, 11) is 0. The predicted molar refractivity (Wildman–Crippen MR) is 78.2 cm³/mol. The van der Waals surface area contributed by atoms with E-state index in [1.54, 1.807) is 0 Å². The van der Waals surface area contributed by atoms with Crippen LogP contribution in [-0.4, -0.2) is 12.5 Å². The number of nitrogens with one attached hydrogen (secondary N) is 1. The Labute approximate surface area is 119 Å². The fourth-order valence-corrected chi connectivity index (χ4v) is 2.57. The van der Waals surface area contributed by atoms with Gasteiger partial charge < -0.3 is 5.32 Å². The van der Waals surface area contributed by atoms with Gasteiger partial charge in [0.15, 0.2) is 0 Å². The Balaban J connectivity index is 2.64. The number of halogens is 2. The van der Waals surface area contributed by atoms with Gasteiger partial charge in [-0.05, 0) is 30.0 Å². The molecule has 0 heterocycles. The first-order valence-electron chi connectivity index (χ1n) is 5.64. The smallest absolute Gasteiger partial charge is 0.251 e. The lowest BCUT2D eigenvalue weighted by molar-refractivity contribution is 0.0945. The van der Waals surface area contributed by atoms with Crippen LogP contribution in [0.25, 0.3) is 0 Å². The monoisotopic (exact) mass is 361 g/mol. The van der Waals surface area contributed by atoms with Gasteiger partial charge in [0, 0.05) is 21.1 Å². The first-order valence-corrected chi connectivity index (χ1v) is 7.23. The van der Waals surface area contributed by atoms with E-state index < -0.39 is 0 Å². The fraction of sp³-hybridized carbons (Fsp3) is 0.462. The van der Waals surface area contributed by atoms with Crippen molar-refractivity contribution in [3.8, 4) is 0 Å². The van der Waals surface area contributed by atoms with Gasteiger partial charge in [-0.2, -0.15) is 0 Å². The van der Waals surface area contributed by atoms with Gasteiger partial charge in [-0.3, -0.25) is 4.79 Å². The number of hydrogen-bond acceptors (Lipinski definition) is 1. The standard InChI is InChI=1S/C13H17Br2NO/c1-8(2)9(3)7-16-13(17)10-4-11(14)6-12(15)5-10/h4-6,8-9H,7H2,1-3H3,(H,16,17). The van der Waals surface area contributed by atoms with Crippen molar-refractivity contribution < 1.29 is 4.79 Å². The van der Waals surface area contributed by atoms with Crippen molar-refractivity contribution in [1.82, 2.24) is 5.32 Å². The van der Waals surface area contributed by atoms with Crippen molar-refractivity contribution >= 4 is 37.8 Å². The summed E-state index contributed by atoms with van der Waals surface area (Å²) in [4.78, 5) is 11.9. The lowest BCUT2D eigenvalue weighted by Gasteiger charge is -2.16. The molecule has 0 aromatic heterocycles. The van der Waals surface area contributed by atoms with E-state index >= 15 is 0 Å². The van der Waals surface area contributed by atoms with E-state index in [-0.39, 0.29) is 5.91 Å². The first-order chi connectivity index (χ1) is 7.90. The van der Waals surface area contributed by atoms with Gasteiger partial charge in [0.05, 0.1) is 0 Å². The SMILES string of the molecule is CC(C)C(C)CNC(=O)c1cc(Br)cc(Br)c1. The molecule has 1 rings (SSSR count). The molecule has 1 atom stereocenters. The highest BCUT2D eigenvalue weighted by atomic mass is 79.9. The van der Waals surface area contributed by atoms with Crippen LogP contribution in [0.1, 0.15) is 31.1 Å². The molecule has 1 N–H and O–H groups in total. The average Bonchev–Trinajstić information content (AvgIpc) is 2.23. The van der Waals surface area contributed by atoms with Gasteiger partial charge in [0.1, 0.15) is 0 Å². The van der Waals surface area contributed by atoms with E-state index in [0.717, 1.165) is 8.95 Å². The van der Waals surface area contributed by atoms with Crippen molar-refractivity contribution in [1.29, 1.82) is 0 Å². The van der Waals surface area contributed by atoms with Crippen LogP contribution < -0.4 is 5.32 Å². The van der Waals surface area contributed by atoms with Crippen LogP contribution in [0.2, 0.25) is 0 Å². The van der Waals surface area contributed by atoms with Crippen LogP contribution in [0.3, 0.4) is 0 Å². The molecule has 0 radical (unpaired) electrons. The second kappa shape index (κ2) is 6.55. The van der Waals surface area contributed by atoms with Gasteiger partial charge >= 0.3 is 0 Å². The molecule has 1 aromatic carbocycles. The number of hydrogen-bond donors (Lipinski definition) is 1. The molecule has 0 bridgehead atoms. The van der Waals surface area contributed by atoms with E-state index in [1.807, 2.05) is 18.2 Å². The summed E-state index contributed by atoms with van der Waals surface area (Å²) in [5.41, 5.74) is 0.669. The summed E-state index contributed by atoms with van der Waals surface area (Å²) in [5.74, 6) is 1.03. The maximum atomic E-state index is 11.9. The van der Waals surface area contributed by atoms with E-state index in [2.05, 4.69) is 57.9 Å². The van der Waals surface area contributed by atoms with E-state index in [0.29, 0.717) is 23.9 Å². The molecule has 17 heavy (non-hydrogen) atoms. The van der Waals surface area contributed by atoms with Crippen molar-refractivity contribution in [2.24, 2.45) is 11.8 Å². The maximum Gasteiger partial charge on any atom is 0.251 e. The van der Waals surface area contributed by atoms with E-state index in [4.69, 9.17) is 0 Å². The number of carbonyl (C=O) groups excluding carboxylic acids is 1. The van der Waals surface area contributed by atoms with Crippen molar-refractivity contribution in [3.05, 3.63) is 32.7 Å². The first kappa shape index (κ1) is 14.7. The Bertz CT molecular complexity index is 384. The molecule has 0 aliphatic rings. The molecule has 2 nitrogen and oxygen atoms in total. The molecule has 0 aliphatic carbocycles. The lowest BCUT2D eigenvalue weighted by Crippen LogP contribution is -2.30. The van der Waals surface area contributed by atoms with Crippen LogP contribution in [0.15, 0.2) is 27.1 Å². The lowest BCUT2D eigenvalue weighted by atomic mass is 9.98. The molecular weight excluding hydrogens is 346 g/mol. The van der Waals surface area contributed by atoms with Crippen LogP contribution >= 0.6 is 31.9 Å². The molecule has 0 spiro atoms. The van der Waals surface area contributed by atoms with Crippen LogP contribution in [-0.2, 0) is 0 Å². The second-order valence-corrected chi connectivity index (χ2v) is 6.42. The summed E-state index contributed by atoms with van der Waals surface area (Å²) < 4.78 is 1.79.